The fourth-order valence-corrected chi connectivity index (χ4v) is 4.08. The summed E-state index contributed by atoms with van der Waals surface area (Å²) in [5.41, 5.74) is 0.323. The fourth-order valence-electron chi connectivity index (χ4n) is 4.08. The third-order valence-electron chi connectivity index (χ3n) is 6.13. The molecule has 1 aliphatic carbocycles. The smallest absolute Gasteiger partial charge is 0.487 e. The van der Waals surface area contributed by atoms with Gasteiger partial charge in [-0.05, 0) is 56.4 Å². The van der Waals surface area contributed by atoms with Crippen LogP contribution in [0.25, 0.3) is 0 Å². The van der Waals surface area contributed by atoms with Gasteiger partial charge in [0.15, 0.2) is 11.6 Å². The molecule has 0 spiro atoms. The van der Waals surface area contributed by atoms with Gasteiger partial charge in [0.2, 0.25) is 0 Å². The molecule has 0 aliphatic heterocycles. The lowest BCUT2D eigenvalue weighted by atomic mass is 9.70. The molecular formula is C25H26F4N4O5. The van der Waals surface area contributed by atoms with Crippen LogP contribution in [0.3, 0.4) is 0 Å². The second-order valence-corrected chi connectivity index (χ2v) is 8.88. The minimum atomic E-state index is -5.08. The first-order chi connectivity index (χ1) is 17.9. The number of alkyl halides is 3. The number of aromatic nitrogens is 3. The number of benzene rings is 1. The number of carbonyl (C=O) groups is 2. The topological polar surface area (TPSA) is 137 Å². The van der Waals surface area contributed by atoms with Crippen LogP contribution >= 0.6 is 0 Å². The molecule has 1 aromatic carbocycles. The number of aromatic amines is 1. The average Bonchev–Trinajstić information content (AvgIpc) is 3.36. The number of pyridine rings is 1. The highest BCUT2D eigenvalue weighted by atomic mass is 19.4. The van der Waals surface area contributed by atoms with E-state index in [1.807, 2.05) is 18.2 Å². The number of nitrogens with zero attached hydrogens (tertiary/aromatic N) is 2. The van der Waals surface area contributed by atoms with Gasteiger partial charge in [-0.1, -0.05) is 18.2 Å². The molecule has 2 aromatic heterocycles. The molecule has 9 nitrogen and oxygen atoms in total. The Morgan fingerprint density at radius 1 is 1.13 bits per heavy atom. The van der Waals surface area contributed by atoms with Crippen LogP contribution in [0.5, 0.6) is 5.75 Å². The van der Waals surface area contributed by atoms with Crippen molar-refractivity contribution in [3.8, 4) is 5.75 Å². The molecule has 2 heterocycles. The zero-order valence-corrected chi connectivity index (χ0v) is 20.3. The van der Waals surface area contributed by atoms with Gasteiger partial charge in [0.1, 0.15) is 11.6 Å². The SMILES string of the molecule is Cc1cccc(OC2CCC(Cc3cccc(Nc4ccn[nH]4)n3)(C(=O)O)CC2)c1F.O=C(O)C(F)(F)F. The fraction of sp³-hybridized carbons (Fsp3) is 0.360. The summed E-state index contributed by atoms with van der Waals surface area (Å²) < 4.78 is 51.9. The van der Waals surface area contributed by atoms with Gasteiger partial charge in [0, 0.05) is 18.2 Å². The van der Waals surface area contributed by atoms with Crippen molar-refractivity contribution in [3.63, 3.8) is 0 Å². The van der Waals surface area contributed by atoms with E-state index in [1.165, 1.54) is 0 Å². The summed E-state index contributed by atoms with van der Waals surface area (Å²) in [5.74, 6) is -2.39. The summed E-state index contributed by atoms with van der Waals surface area (Å²) >= 11 is 0. The number of aliphatic carboxylic acids is 2. The standard InChI is InChI=1S/C23H25FN4O3.C2HF3O2/c1-15-4-2-6-18(21(15)24)31-17-8-11-23(12-9-17,22(29)30)14-16-5-3-7-19(26-16)27-20-10-13-25-28-20;3-2(4,5)1(6)7/h2-7,10,13,17H,8-9,11-12,14H2,1H3,(H,29,30)(H2,25,26,27,28);(H,6,7). The number of hydrogen-bond acceptors (Lipinski definition) is 6. The van der Waals surface area contributed by atoms with Crippen LogP contribution in [0.2, 0.25) is 0 Å². The normalized spacial score (nSPS) is 19.1. The Bertz CT molecular complexity index is 1240. The predicted octanol–water partition coefficient (Wildman–Crippen LogP) is 5.26. The van der Waals surface area contributed by atoms with Crippen molar-refractivity contribution in [1.29, 1.82) is 0 Å². The number of nitrogens with one attached hydrogen (secondary N) is 2. The van der Waals surface area contributed by atoms with E-state index in [2.05, 4.69) is 20.5 Å². The van der Waals surface area contributed by atoms with Crippen LogP contribution in [-0.2, 0) is 16.0 Å². The molecule has 4 N–H and O–H groups in total. The van der Waals surface area contributed by atoms with Crippen molar-refractivity contribution in [3.05, 3.63) is 65.7 Å². The van der Waals surface area contributed by atoms with Crippen molar-refractivity contribution >= 4 is 23.6 Å². The van der Waals surface area contributed by atoms with E-state index >= 15 is 0 Å². The van der Waals surface area contributed by atoms with Crippen molar-refractivity contribution in [1.82, 2.24) is 15.2 Å². The zero-order chi connectivity index (χ0) is 27.9. The number of rotatable bonds is 7. The number of aryl methyl sites for hydroxylation is 1. The third-order valence-corrected chi connectivity index (χ3v) is 6.13. The maximum absolute atomic E-state index is 14.3. The highest BCUT2D eigenvalue weighted by Gasteiger charge is 2.43. The molecule has 0 atom stereocenters. The van der Waals surface area contributed by atoms with Crippen LogP contribution < -0.4 is 10.1 Å². The highest BCUT2D eigenvalue weighted by Crippen LogP contribution is 2.41. The molecule has 38 heavy (non-hydrogen) atoms. The Morgan fingerprint density at radius 2 is 1.79 bits per heavy atom. The van der Waals surface area contributed by atoms with Crippen LogP contribution in [-0.4, -0.2) is 49.6 Å². The van der Waals surface area contributed by atoms with Crippen molar-refractivity contribution < 1.29 is 42.1 Å². The van der Waals surface area contributed by atoms with Gasteiger partial charge in [-0.15, -0.1) is 0 Å². The Morgan fingerprint density at radius 3 is 2.37 bits per heavy atom. The predicted molar refractivity (Wildman–Crippen MR) is 128 cm³/mol. The number of ether oxygens (including phenoxy) is 1. The van der Waals surface area contributed by atoms with Crippen molar-refractivity contribution in [2.75, 3.05) is 5.32 Å². The maximum atomic E-state index is 14.3. The minimum absolute atomic E-state index is 0.204. The van der Waals surface area contributed by atoms with Crippen LogP contribution in [0.4, 0.5) is 29.2 Å². The molecule has 0 unspecified atom stereocenters. The summed E-state index contributed by atoms with van der Waals surface area (Å²) in [7, 11) is 0. The Balaban J connectivity index is 0.000000505. The molecule has 0 radical (unpaired) electrons. The van der Waals surface area contributed by atoms with E-state index < -0.39 is 23.5 Å². The highest BCUT2D eigenvalue weighted by molar-refractivity contribution is 5.75. The van der Waals surface area contributed by atoms with Crippen LogP contribution in [0.1, 0.15) is 36.9 Å². The van der Waals surface area contributed by atoms with Gasteiger partial charge in [-0.2, -0.15) is 18.3 Å². The van der Waals surface area contributed by atoms with E-state index in [9.17, 15) is 27.5 Å². The first kappa shape index (κ1) is 28.4. The average molecular weight is 538 g/mol. The number of H-pyrrole nitrogens is 1. The molecule has 1 fully saturated rings. The van der Waals surface area contributed by atoms with Crippen molar-refractivity contribution in [2.45, 2.75) is 51.3 Å². The molecule has 3 aromatic rings. The molecule has 0 amide bonds. The molecule has 204 valence electrons. The second-order valence-electron chi connectivity index (χ2n) is 8.88. The largest absolute Gasteiger partial charge is 0.490 e. The first-order valence-corrected chi connectivity index (χ1v) is 11.6. The molecule has 0 saturated heterocycles. The van der Waals surface area contributed by atoms with Gasteiger partial charge >= 0.3 is 18.1 Å². The van der Waals surface area contributed by atoms with Gasteiger partial charge in [-0.25, -0.2) is 14.2 Å². The lowest BCUT2D eigenvalue weighted by Gasteiger charge is -2.36. The minimum Gasteiger partial charge on any atom is -0.487 e. The zero-order valence-electron chi connectivity index (χ0n) is 20.3. The summed E-state index contributed by atoms with van der Waals surface area (Å²) in [5, 5.41) is 27.0. The van der Waals surface area contributed by atoms with Gasteiger partial charge in [-0.3, -0.25) is 9.89 Å². The van der Waals surface area contributed by atoms with E-state index in [1.54, 1.807) is 37.4 Å². The summed E-state index contributed by atoms with van der Waals surface area (Å²) in [6, 6.07) is 12.4. The Kier molecular flexibility index (Phi) is 8.92. The number of halogens is 4. The van der Waals surface area contributed by atoms with E-state index in [0.29, 0.717) is 55.0 Å². The molecule has 1 aliphatic rings. The van der Waals surface area contributed by atoms with Crippen LogP contribution in [0.15, 0.2) is 48.7 Å². The van der Waals surface area contributed by atoms with Crippen LogP contribution in [0, 0.1) is 18.2 Å². The van der Waals surface area contributed by atoms with Gasteiger partial charge < -0.3 is 20.3 Å². The Labute approximate surface area is 214 Å². The van der Waals surface area contributed by atoms with Gasteiger partial charge in [0.25, 0.3) is 0 Å². The lowest BCUT2D eigenvalue weighted by Crippen LogP contribution is -2.40. The number of carboxylic acid groups (broad SMARTS) is 2. The molecular weight excluding hydrogens is 512 g/mol. The quantitative estimate of drug-likeness (QED) is 0.299. The summed E-state index contributed by atoms with van der Waals surface area (Å²) in [6.07, 6.45) is -1.34. The second kappa shape index (κ2) is 11.9. The number of carboxylic acids is 2. The Hall–Kier alpha value is -4.16. The third kappa shape index (κ3) is 7.43. The summed E-state index contributed by atoms with van der Waals surface area (Å²) in [6.45, 7) is 1.70. The number of anilines is 2. The summed E-state index contributed by atoms with van der Waals surface area (Å²) in [4.78, 5) is 25.7. The molecule has 4 rings (SSSR count). The van der Waals surface area contributed by atoms with Crippen molar-refractivity contribution in [2.24, 2.45) is 5.41 Å². The van der Waals surface area contributed by atoms with E-state index in [-0.39, 0.29) is 17.7 Å². The van der Waals surface area contributed by atoms with E-state index in [0.717, 1.165) is 0 Å². The van der Waals surface area contributed by atoms with E-state index in [4.69, 9.17) is 14.6 Å². The number of hydrogen-bond donors (Lipinski definition) is 4. The first-order valence-electron chi connectivity index (χ1n) is 11.6. The molecule has 13 heteroatoms. The van der Waals surface area contributed by atoms with Gasteiger partial charge in [0.05, 0.1) is 17.7 Å². The monoisotopic (exact) mass is 538 g/mol. The lowest BCUT2D eigenvalue weighted by molar-refractivity contribution is -0.192. The maximum Gasteiger partial charge on any atom is 0.490 e. The molecule has 0 bridgehead atoms. The molecule has 1 saturated carbocycles.